The zero-order valence-electron chi connectivity index (χ0n) is 9.89. The maximum atomic E-state index is 9.80. The largest absolute Gasteiger partial charge is 0.507 e. The molecule has 18 heavy (non-hydrogen) atoms. The predicted octanol–water partition coefficient (Wildman–Crippen LogP) is 3.74. The van der Waals surface area contributed by atoms with Gasteiger partial charge in [0.25, 0.3) is 0 Å². The highest BCUT2D eigenvalue weighted by Gasteiger charge is 2.05. The van der Waals surface area contributed by atoms with Crippen LogP contribution in [0.25, 0.3) is 0 Å². The number of aromatic hydroxyl groups is 1. The van der Waals surface area contributed by atoms with E-state index in [1.807, 2.05) is 24.3 Å². The summed E-state index contributed by atoms with van der Waals surface area (Å²) in [4.78, 5) is 0. The van der Waals surface area contributed by atoms with Gasteiger partial charge in [0, 0.05) is 11.6 Å². The summed E-state index contributed by atoms with van der Waals surface area (Å²) >= 11 is 3.40. The third kappa shape index (κ3) is 2.96. The molecule has 0 unspecified atom stereocenters. The zero-order chi connectivity index (χ0) is 13.0. The molecule has 3 nitrogen and oxygen atoms in total. The molecule has 0 saturated heterocycles. The van der Waals surface area contributed by atoms with Gasteiger partial charge in [-0.25, -0.2) is 0 Å². The summed E-state index contributed by atoms with van der Waals surface area (Å²) in [6.07, 6.45) is 0. The van der Waals surface area contributed by atoms with Gasteiger partial charge >= 0.3 is 0 Å². The van der Waals surface area contributed by atoms with Gasteiger partial charge < -0.3 is 14.6 Å². The lowest BCUT2D eigenvalue weighted by molar-refractivity contribution is 0.296. The number of hydrogen-bond acceptors (Lipinski definition) is 3. The molecular formula is C14H13BrO3. The number of para-hydroxylation sites is 1. The molecule has 0 aliphatic rings. The van der Waals surface area contributed by atoms with Crippen LogP contribution in [0.5, 0.6) is 17.2 Å². The number of phenols is 1. The Morgan fingerprint density at radius 3 is 2.61 bits per heavy atom. The summed E-state index contributed by atoms with van der Waals surface area (Å²) in [5.41, 5.74) is 0.714. The molecule has 0 aromatic heterocycles. The lowest BCUT2D eigenvalue weighted by atomic mass is 10.2. The second-order valence-electron chi connectivity index (χ2n) is 3.71. The highest BCUT2D eigenvalue weighted by Crippen LogP contribution is 2.27. The van der Waals surface area contributed by atoms with Crippen LogP contribution in [0.3, 0.4) is 0 Å². The van der Waals surface area contributed by atoms with Crippen molar-refractivity contribution >= 4 is 15.9 Å². The lowest BCUT2D eigenvalue weighted by Gasteiger charge is -2.10. The van der Waals surface area contributed by atoms with Crippen LogP contribution >= 0.6 is 15.9 Å². The van der Waals surface area contributed by atoms with Crippen LogP contribution in [0, 0.1) is 0 Å². The molecule has 0 bridgehead atoms. The molecule has 0 aliphatic heterocycles. The van der Waals surface area contributed by atoms with Crippen molar-refractivity contribution in [3.63, 3.8) is 0 Å². The molecule has 0 aliphatic carbocycles. The first-order valence-corrected chi connectivity index (χ1v) is 6.23. The van der Waals surface area contributed by atoms with Gasteiger partial charge in [0.15, 0.2) is 0 Å². The fraction of sp³-hybridized carbons (Fsp3) is 0.143. The van der Waals surface area contributed by atoms with E-state index in [1.165, 1.54) is 0 Å². The van der Waals surface area contributed by atoms with Gasteiger partial charge in [-0.15, -0.1) is 0 Å². The molecule has 94 valence electrons. The van der Waals surface area contributed by atoms with E-state index in [2.05, 4.69) is 15.9 Å². The number of rotatable bonds is 4. The molecular weight excluding hydrogens is 296 g/mol. The summed E-state index contributed by atoms with van der Waals surface area (Å²) in [6.45, 7) is 0.304. The van der Waals surface area contributed by atoms with Crippen LogP contribution in [-0.2, 0) is 6.61 Å². The Bertz CT molecular complexity index is 540. The van der Waals surface area contributed by atoms with Crippen LogP contribution in [0.15, 0.2) is 46.9 Å². The summed E-state index contributed by atoms with van der Waals surface area (Å²) < 4.78 is 11.5. The summed E-state index contributed by atoms with van der Waals surface area (Å²) in [7, 11) is 1.56. The Hall–Kier alpha value is -1.68. The maximum absolute atomic E-state index is 9.80. The second kappa shape index (κ2) is 5.78. The smallest absolute Gasteiger partial charge is 0.133 e. The number of methoxy groups -OCH3 is 1. The number of halogens is 1. The molecule has 1 N–H and O–H groups in total. The molecule has 2 aromatic rings. The Balaban J connectivity index is 2.09. The first kappa shape index (κ1) is 12.8. The third-order valence-corrected chi connectivity index (χ3v) is 3.17. The average molecular weight is 309 g/mol. The van der Waals surface area contributed by atoms with E-state index < -0.39 is 0 Å². The van der Waals surface area contributed by atoms with Crippen molar-refractivity contribution in [1.29, 1.82) is 0 Å². The van der Waals surface area contributed by atoms with Gasteiger partial charge in [0.05, 0.1) is 11.6 Å². The summed E-state index contributed by atoms with van der Waals surface area (Å²) in [5, 5.41) is 9.80. The van der Waals surface area contributed by atoms with Crippen molar-refractivity contribution in [2.24, 2.45) is 0 Å². The molecule has 0 spiro atoms. The predicted molar refractivity (Wildman–Crippen MR) is 73.1 cm³/mol. The maximum Gasteiger partial charge on any atom is 0.133 e. The van der Waals surface area contributed by atoms with Crippen molar-refractivity contribution in [2.75, 3.05) is 7.11 Å². The van der Waals surface area contributed by atoms with Crippen LogP contribution in [0.1, 0.15) is 5.56 Å². The average Bonchev–Trinajstić information content (AvgIpc) is 2.39. The summed E-state index contributed by atoms with van der Waals surface area (Å²) in [6, 6.07) is 12.7. The van der Waals surface area contributed by atoms with E-state index >= 15 is 0 Å². The molecule has 0 fully saturated rings. The van der Waals surface area contributed by atoms with E-state index in [0.29, 0.717) is 17.9 Å². The van der Waals surface area contributed by atoms with E-state index in [4.69, 9.17) is 9.47 Å². The Morgan fingerprint density at radius 1 is 1.17 bits per heavy atom. The van der Waals surface area contributed by atoms with Crippen molar-refractivity contribution in [1.82, 2.24) is 0 Å². The normalized spacial score (nSPS) is 10.1. The second-order valence-corrected chi connectivity index (χ2v) is 4.57. The molecule has 0 radical (unpaired) electrons. The number of hydrogen-bond donors (Lipinski definition) is 1. The molecule has 2 rings (SSSR count). The molecule has 0 amide bonds. The van der Waals surface area contributed by atoms with Crippen LogP contribution in [0.2, 0.25) is 0 Å². The molecule has 2 aromatic carbocycles. The van der Waals surface area contributed by atoms with Crippen LogP contribution in [0.4, 0.5) is 0 Å². The zero-order valence-corrected chi connectivity index (χ0v) is 11.5. The summed E-state index contributed by atoms with van der Waals surface area (Å²) in [5.74, 6) is 1.53. The van der Waals surface area contributed by atoms with Crippen LogP contribution in [-0.4, -0.2) is 12.2 Å². The fourth-order valence-electron chi connectivity index (χ4n) is 1.51. The molecule has 4 heteroatoms. The Kier molecular flexibility index (Phi) is 4.10. The molecule has 0 atom stereocenters. The van der Waals surface area contributed by atoms with Gasteiger partial charge in [0.2, 0.25) is 0 Å². The SMILES string of the molecule is COc1ccc(COc2ccccc2Br)c(O)c1. The van der Waals surface area contributed by atoms with Crippen molar-refractivity contribution in [3.8, 4) is 17.2 Å². The fourth-order valence-corrected chi connectivity index (χ4v) is 1.91. The first-order valence-electron chi connectivity index (χ1n) is 5.44. The highest BCUT2D eigenvalue weighted by atomic mass is 79.9. The van der Waals surface area contributed by atoms with E-state index in [-0.39, 0.29) is 5.75 Å². The number of benzene rings is 2. The minimum Gasteiger partial charge on any atom is -0.507 e. The molecule has 0 heterocycles. The minimum absolute atomic E-state index is 0.168. The Morgan fingerprint density at radius 2 is 1.94 bits per heavy atom. The number of ether oxygens (including phenoxy) is 2. The van der Waals surface area contributed by atoms with Gasteiger partial charge in [-0.3, -0.25) is 0 Å². The van der Waals surface area contributed by atoms with Gasteiger partial charge in [-0.05, 0) is 40.2 Å². The van der Waals surface area contributed by atoms with Gasteiger partial charge in [0.1, 0.15) is 23.9 Å². The van der Waals surface area contributed by atoms with E-state index in [9.17, 15) is 5.11 Å². The topological polar surface area (TPSA) is 38.7 Å². The van der Waals surface area contributed by atoms with Crippen molar-refractivity contribution < 1.29 is 14.6 Å². The number of phenolic OH excluding ortho intramolecular Hbond substituents is 1. The quantitative estimate of drug-likeness (QED) is 0.935. The van der Waals surface area contributed by atoms with E-state index in [1.54, 1.807) is 25.3 Å². The van der Waals surface area contributed by atoms with Crippen molar-refractivity contribution in [3.05, 3.63) is 52.5 Å². The third-order valence-electron chi connectivity index (χ3n) is 2.51. The minimum atomic E-state index is 0.168. The monoisotopic (exact) mass is 308 g/mol. The highest BCUT2D eigenvalue weighted by molar-refractivity contribution is 9.10. The lowest BCUT2D eigenvalue weighted by Crippen LogP contribution is -1.96. The van der Waals surface area contributed by atoms with Gasteiger partial charge in [-0.2, -0.15) is 0 Å². The Labute approximate surface area is 114 Å². The first-order chi connectivity index (χ1) is 8.70. The standard InChI is InChI=1S/C14H13BrO3/c1-17-11-7-6-10(13(16)8-11)9-18-14-5-3-2-4-12(14)15/h2-8,16H,9H2,1H3. The molecule has 0 saturated carbocycles. The van der Waals surface area contributed by atoms with Crippen molar-refractivity contribution in [2.45, 2.75) is 6.61 Å². The van der Waals surface area contributed by atoms with Crippen LogP contribution < -0.4 is 9.47 Å². The van der Waals surface area contributed by atoms with E-state index in [0.717, 1.165) is 10.2 Å². The van der Waals surface area contributed by atoms with Gasteiger partial charge in [-0.1, -0.05) is 12.1 Å².